The highest BCUT2D eigenvalue weighted by Crippen LogP contribution is 2.20. The van der Waals surface area contributed by atoms with Gasteiger partial charge in [0.1, 0.15) is 5.82 Å². The Bertz CT molecular complexity index is 430. The molecule has 0 aliphatic carbocycles. The van der Waals surface area contributed by atoms with Crippen LogP contribution in [0.5, 0.6) is 0 Å². The molecule has 0 aliphatic rings. The van der Waals surface area contributed by atoms with Crippen LogP contribution in [0.3, 0.4) is 0 Å². The highest BCUT2D eigenvalue weighted by molar-refractivity contribution is 5.98. The number of hydrogen-bond acceptors (Lipinski definition) is 3. The Hall–Kier alpha value is -1.62. The van der Waals surface area contributed by atoms with E-state index in [1.54, 1.807) is 6.07 Å². The van der Waals surface area contributed by atoms with Crippen molar-refractivity contribution in [1.29, 1.82) is 0 Å². The lowest BCUT2D eigenvalue weighted by molar-refractivity contribution is 0.0997. The molecular weight excluding hydrogens is 233 g/mol. The van der Waals surface area contributed by atoms with Gasteiger partial charge in [-0.1, -0.05) is 19.9 Å². The first-order chi connectivity index (χ1) is 8.43. The van der Waals surface area contributed by atoms with Crippen LogP contribution in [-0.4, -0.2) is 18.0 Å². The fraction of sp³-hybridized carbons (Fsp3) is 0.462. The van der Waals surface area contributed by atoms with Crippen molar-refractivity contribution >= 4 is 11.6 Å². The van der Waals surface area contributed by atoms with E-state index in [2.05, 4.69) is 5.32 Å². The Morgan fingerprint density at radius 1 is 1.39 bits per heavy atom. The minimum atomic E-state index is -0.786. The monoisotopic (exact) mass is 253 g/mol. The number of halogens is 1. The smallest absolute Gasteiger partial charge is 0.253 e. The Kier molecular flexibility index (Phi) is 4.67. The van der Waals surface area contributed by atoms with Gasteiger partial charge in [-0.2, -0.15) is 0 Å². The third-order valence-corrected chi connectivity index (χ3v) is 3.30. The van der Waals surface area contributed by atoms with E-state index in [0.717, 1.165) is 12.8 Å². The van der Waals surface area contributed by atoms with Crippen molar-refractivity contribution in [3.63, 3.8) is 0 Å². The Morgan fingerprint density at radius 3 is 2.50 bits per heavy atom. The molecule has 1 aromatic carbocycles. The summed E-state index contributed by atoms with van der Waals surface area (Å²) in [4.78, 5) is 11.2. The van der Waals surface area contributed by atoms with E-state index >= 15 is 0 Å². The van der Waals surface area contributed by atoms with E-state index in [9.17, 15) is 9.18 Å². The third-order valence-electron chi connectivity index (χ3n) is 3.30. The molecule has 0 fully saturated rings. The Morgan fingerprint density at radius 2 is 2.00 bits per heavy atom. The molecule has 1 amide bonds. The molecule has 1 rings (SSSR count). The van der Waals surface area contributed by atoms with Gasteiger partial charge in [-0.3, -0.25) is 4.79 Å². The average Bonchev–Trinajstić information content (AvgIpc) is 2.35. The maximum Gasteiger partial charge on any atom is 0.253 e. The van der Waals surface area contributed by atoms with Crippen LogP contribution in [-0.2, 0) is 0 Å². The predicted octanol–water partition coefficient (Wildman–Crippen LogP) is 1.85. The van der Waals surface area contributed by atoms with E-state index in [0.29, 0.717) is 12.2 Å². The summed E-state index contributed by atoms with van der Waals surface area (Å²) in [6.45, 7) is 4.45. The van der Waals surface area contributed by atoms with Crippen molar-refractivity contribution in [3.05, 3.63) is 29.6 Å². The van der Waals surface area contributed by atoms with Gasteiger partial charge in [0.25, 0.3) is 5.91 Å². The highest BCUT2D eigenvalue weighted by Gasteiger charge is 2.21. The summed E-state index contributed by atoms with van der Waals surface area (Å²) in [5.41, 5.74) is 11.2. The lowest BCUT2D eigenvalue weighted by Gasteiger charge is -2.27. The van der Waals surface area contributed by atoms with E-state index in [4.69, 9.17) is 11.5 Å². The van der Waals surface area contributed by atoms with Crippen molar-refractivity contribution in [2.75, 3.05) is 11.9 Å². The van der Waals surface area contributed by atoms with Crippen LogP contribution in [0.15, 0.2) is 18.2 Å². The second kappa shape index (κ2) is 5.82. The number of carbonyl (C=O) groups excluding carboxylic acids is 1. The Balaban J connectivity index is 2.92. The van der Waals surface area contributed by atoms with Gasteiger partial charge in [0.05, 0.1) is 5.56 Å². The number of anilines is 1. The maximum atomic E-state index is 13.5. The molecule has 100 valence electrons. The molecule has 4 nitrogen and oxygen atoms in total. The van der Waals surface area contributed by atoms with Gasteiger partial charge in [0.15, 0.2) is 0 Å². The van der Waals surface area contributed by atoms with E-state index in [1.165, 1.54) is 12.1 Å². The molecule has 0 aromatic heterocycles. The van der Waals surface area contributed by atoms with Gasteiger partial charge in [0, 0.05) is 17.8 Å². The first kappa shape index (κ1) is 14.4. The molecule has 0 atom stereocenters. The zero-order chi connectivity index (χ0) is 13.8. The second-order valence-corrected chi connectivity index (χ2v) is 4.45. The van der Waals surface area contributed by atoms with Crippen molar-refractivity contribution in [2.24, 2.45) is 11.5 Å². The average molecular weight is 253 g/mol. The second-order valence-electron chi connectivity index (χ2n) is 4.45. The first-order valence-corrected chi connectivity index (χ1v) is 6.04. The van der Waals surface area contributed by atoms with Crippen LogP contribution < -0.4 is 16.8 Å². The number of rotatable bonds is 6. The van der Waals surface area contributed by atoms with Crippen LogP contribution in [0.4, 0.5) is 10.1 Å². The summed E-state index contributed by atoms with van der Waals surface area (Å²) in [6, 6.07) is 4.36. The minimum absolute atomic E-state index is 0.118. The van der Waals surface area contributed by atoms with Crippen molar-refractivity contribution < 1.29 is 9.18 Å². The fourth-order valence-electron chi connectivity index (χ4n) is 1.69. The normalized spacial score (nSPS) is 11.3. The van der Waals surface area contributed by atoms with Crippen molar-refractivity contribution in [3.8, 4) is 0 Å². The summed E-state index contributed by atoms with van der Waals surface area (Å²) in [6.07, 6.45) is 1.58. The zero-order valence-corrected chi connectivity index (χ0v) is 10.8. The number of nitrogens with two attached hydrogens (primary N) is 2. The lowest BCUT2D eigenvalue weighted by atomic mass is 9.94. The number of hydrogen-bond donors (Lipinski definition) is 3. The molecule has 0 radical (unpaired) electrons. The molecule has 5 N–H and O–H groups in total. The number of carbonyl (C=O) groups is 1. The standard InChI is InChI=1S/C13H20FN3O/c1-3-13(16,4-2)8-17-10-7-5-6-9(14)11(10)12(15)18/h5-7,17H,3-4,8,16H2,1-2H3,(H2,15,18). The number of primary amides is 1. The lowest BCUT2D eigenvalue weighted by Crippen LogP contribution is -2.45. The Labute approximate surface area is 107 Å². The van der Waals surface area contributed by atoms with Crippen LogP contribution >= 0.6 is 0 Å². The molecule has 0 heterocycles. The molecule has 0 saturated carbocycles. The summed E-state index contributed by atoms with van der Waals surface area (Å²) in [7, 11) is 0. The van der Waals surface area contributed by atoms with Gasteiger partial charge >= 0.3 is 0 Å². The topological polar surface area (TPSA) is 81.1 Å². The molecule has 0 bridgehead atoms. The minimum Gasteiger partial charge on any atom is -0.382 e. The van der Waals surface area contributed by atoms with Crippen molar-refractivity contribution in [2.45, 2.75) is 32.2 Å². The van der Waals surface area contributed by atoms with Crippen LogP contribution in [0.2, 0.25) is 0 Å². The number of nitrogens with one attached hydrogen (secondary N) is 1. The predicted molar refractivity (Wildman–Crippen MR) is 70.9 cm³/mol. The van der Waals surface area contributed by atoms with E-state index < -0.39 is 11.7 Å². The maximum absolute atomic E-state index is 13.5. The van der Waals surface area contributed by atoms with Gasteiger partial charge < -0.3 is 16.8 Å². The summed E-state index contributed by atoms with van der Waals surface area (Å²) in [5.74, 6) is -1.41. The number of amides is 1. The largest absolute Gasteiger partial charge is 0.382 e. The van der Waals surface area contributed by atoms with Gasteiger partial charge in [-0.15, -0.1) is 0 Å². The summed E-state index contributed by atoms with van der Waals surface area (Å²) in [5, 5.41) is 3.01. The third kappa shape index (κ3) is 3.20. The zero-order valence-electron chi connectivity index (χ0n) is 10.8. The fourth-order valence-corrected chi connectivity index (χ4v) is 1.69. The van der Waals surface area contributed by atoms with E-state index in [1.807, 2.05) is 13.8 Å². The molecule has 0 spiro atoms. The highest BCUT2D eigenvalue weighted by atomic mass is 19.1. The molecule has 18 heavy (non-hydrogen) atoms. The summed E-state index contributed by atoms with van der Waals surface area (Å²) < 4.78 is 13.5. The SMILES string of the molecule is CCC(N)(CC)CNc1cccc(F)c1C(N)=O. The molecule has 5 heteroatoms. The molecule has 0 aliphatic heterocycles. The summed E-state index contributed by atoms with van der Waals surface area (Å²) >= 11 is 0. The van der Waals surface area contributed by atoms with Gasteiger partial charge in [0.2, 0.25) is 0 Å². The molecule has 0 unspecified atom stereocenters. The quantitative estimate of drug-likeness (QED) is 0.723. The van der Waals surface area contributed by atoms with E-state index in [-0.39, 0.29) is 11.1 Å². The van der Waals surface area contributed by atoms with Gasteiger partial charge in [-0.05, 0) is 25.0 Å². The first-order valence-electron chi connectivity index (χ1n) is 6.04. The van der Waals surface area contributed by atoms with Crippen LogP contribution in [0.1, 0.15) is 37.0 Å². The number of benzene rings is 1. The molecular formula is C13H20FN3O. The van der Waals surface area contributed by atoms with Crippen molar-refractivity contribution in [1.82, 2.24) is 0 Å². The molecule has 0 saturated heterocycles. The van der Waals surface area contributed by atoms with Gasteiger partial charge in [-0.25, -0.2) is 4.39 Å². The van der Waals surface area contributed by atoms with Crippen LogP contribution in [0.25, 0.3) is 0 Å². The van der Waals surface area contributed by atoms with Crippen LogP contribution in [0, 0.1) is 5.82 Å². The molecule has 1 aromatic rings.